The van der Waals surface area contributed by atoms with Crippen LogP contribution in [0.15, 0.2) is 28.7 Å². The molecule has 2 fully saturated rings. The lowest BCUT2D eigenvalue weighted by atomic mass is 9.86. The summed E-state index contributed by atoms with van der Waals surface area (Å²) in [5, 5.41) is 0. The van der Waals surface area contributed by atoms with E-state index in [1.165, 1.54) is 25.7 Å². The van der Waals surface area contributed by atoms with Crippen LogP contribution in [-0.4, -0.2) is 49.6 Å². The van der Waals surface area contributed by atoms with Crippen LogP contribution < -0.4 is 9.64 Å². The average molecular weight is 396 g/mol. The average Bonchev–Trinajstić information content (AvgIpc) is 2.61. The maximum absolute atomic E-state index is 12.4. The van der Waals surface area contributed by atoms with Crippen molar-refractivity contribution < 1.29 is 14.4 Å². The van der Waals surface area contributed by atoms with E-state index in [0.29, 0.717) is 0 Å². The highest BCUT2D eigenvalue weighted by atomic mass is 79.9. The van der Waals surface area contributed by atoms with E-state index in [9.17, 15) is 4.79 Å². The molecule has 1 saturated carbocycles. The smallest absolute Gasteiger partial charge is 0.260 e. The van der Waals surface area contributed by atoms with Gasteiger partial charge in [-0.25, -0.2) is 0 Å². The Balaban J connectivity index is 1.42. The lowest BCUT2D eigenvalue weighted by molar-refractivity contribution is -0.930. The van der Waals surface area contributed by atoms with Gasteiger partial charge in [0, 0.05) is 10.9 Å². The summed E-state index contributed by atoms with van der Waals surface area (Å²) in [6.07, 6.45) is 5.48. The van der Waals surface area contributed by atoms with Gasteiger partial charge in [0.25, 0.3) is 5.91 Å². The van der Waals surface area contributed by atoms with E-state index < -0.39 is 0 Å². The van der Waals surface area contributed by atoms with Crippen LogP contribution in [0.25, 0.3) is 0 Å². The lowest BCUT2D eigenvalue weighted by Gasteiger charge is -2.39. The Kier molecular flexibility index (Phi) is 6.17. The molecular weight excluding hydrogens is 368 g/mol. The molecule has 1 aliphatic heterocycles. The number of benzene rings is 1. The number of quaternary nitrogens is 1. The molecule has 0 aromatic heterocycles. The highest BCUT2D eigenvalue weighted by Crippen LogP contribution is 2.22. The van der Waals surface area contributed by atoms with Gasteiger partial charge < -0.3 is 14.5 Å². The number of hydrogen-bond acceptors (Lipinski definition) is 2. The van der Waals surface area contributed by atoms with Gasteiger partial charge in [-0.1, -0.05) is 29.3 Å². The molecule has 1 aromatic rings. The zero-order chi connectivity index (χ0) is 16.9. The molecule has 2 aliphatic rings. The fourth-order valence-corrected chi connectivity index (χ4v) is 4.29. The van der Waals surface area contributed by atoms with Crippen molar-refractivity contribution in [3.05, 3.63) is 28.7 Å². The molecule has 4 nitrogen and oxygen atoms in total. The number of nitrogens with zero attached hydrogens (tertiary/aromatic N) is 1. The SMILES string of the molecule is C[C@@H]1CCC[C@@H]([NH+]2CCN(C(=O)COc3ccc(Br)cc3)CC2)C1. The molecule has 1 aromatic carbocycles. The van der Waals surface area contributed by atoms with Gasteiger partial charge >= 0.3 is 0 Å². The Labute approximate surface area is 153 Å². The third-order valence-corrected chi connectivity index (χ3v) is 5.98. The third-order valence-electron chi connectivity index (χ3n) is 5.45. The largest absolute Gasteiger partial charge is 0.484 e. The quantitative estimate of drug-likeness (QED) is 0.846. The molecule has 0 spiro atoms. The number of rotatable bonds is 4. The van der Waals surface area contributed by atoms with Crippen LogP contribution >= 0.6 is 15.9 Å². The molecule has 3 rings (SSSR count). The molecular formula is C19H28BrN2O2+. The molecule has 1 amide bonds. The predicted molar refractivity (Wildman–Crippen MR) is 98.3 cm³/mol. The highest BCUT2D eigenvalue weighted by Gasteiger charge is 2.31. The van der Waals surface area contributed by atoms with Crippen molar-refractivity contribution >= 4 is 21.8 Å². The summed E-state index contributed by atoms with van der Waals surface area (Å²) in [4.78, 5) is 16.0. The second-order valence-corrected chi connectivity index (χ2v) is 8.17. The molecule has 0 unspecified atom stereocenters. The molecule has 1 heterocycles. The van der Waals surface area contributed by atoms with E-state index in [2.05, 4.69) is 22.9 Å². The molecule has 0 radical (unpaired) electrons. The van der Waals surface area contributed by atoms with Crippen LogP contribution in [0.1, 0.15) is 32.6 Å². The summed E-state index contributed by atoms with van der Waals surface area (Å²) in [6.45, 7) is 6.41. The van der Waals surface area contributed by atoms with E-state index in [4.69, 9.17) is 4.74 Å². The second-order valence-electron chi connectivity index (χ2n) is 7.25. The van der Waals surface area contributed by atoms with Gasteiger partial charge in [0.15, 0.2) is 6.61 Å². The van der Waals surface area contributed by atoms with Crippen LogP contribution in [0.5, 0.6) is 5.75 Å². The lowest BCUT2D eigenvalue weighted by Crippen LogP contribution is -3.18. The number of piperazine rings is 1. The van der Waals surface area contributed by atoms with Gasteiger partial charge in [-0.15, -0.1) is 0 Å². The molecule has 5 heteroatoms. The first-order valence-corrected chi connectivity index (χ1v) is 9.92. The van der Waals surface area contributed by atoms with E-state index in [-0.39, 0.29) is 12.5 Å². The molecule has 24 heavy (non-hydrogen) atoms. The predicted octanol–water partition coefficient (Wildman–Crippen LogP) is 2.13. The summed E-state index contributed by atoms with van der Waals surface area (Å²) in [5.74, 6) is 1.72. The summed E-state index contributed by atoms with van der Waals surface area (Å²) in [7, 11) is 0. The van der Waals surface area contributed by atoms with Crippen LogP contribution in [0, 0.1) is 5.92 Å². The van der Waals surface area contributed by atoms with E-state index in [0.717, 1.165) is 48.4 Å². The Morgan fingerprint density at radius 1 is 1.25 bits per heavy atom. The van der Waals surface area contributed by atoms with Crippen molar-refractivity contribution in [2.24, 2.45) is 5.92 Å². The minimum absolute atomic E-state index is 0.106. The first kappa shape index (κ1) is 17.7. The van der Waals surface area contributed by atoms with Gasteiger partial charge in [-0.2, -0.15) is 0 Å². The number of carbonyl (C=O) groups is 1. The minimum atomic E-state index is 0.106. The number of nitrogens with one attached hydrogen (secondary N) is 1. The van der Waals surface area contributed by atoms with Crippen molar-refractivity contribution in [3.63, 3.8) is 0 Å². The van der Waals surface area contributed by atoms with Gasteiger partial charge in [0.2, 0.25) is 0 Å². The first-order chi connectivity index (χ1) is 11.6. The fourth-order valence-electron chi connectivity index (χ4n) is 4.02. The summed E-state index contributed by atoms with van der Waals surface area (Å²) < 4.78 is 6.63. The minimum Gasteiger partial charge on any atom is -0.484 e. The Bertz CT molecular complexity index is 541. The summed E-state index contributed by atoms with van der Waals surface area (Å²) >= 11 is 3.40. The van der Waals surface area contributed by atoms with Crippen molar-refractivity contribution in [2.45, 2.75) is 38.6 Å². The van der Waals surface area contributed by atoms with Crippen molar-refractivity contribution in [1.82, 2.24) is 4.90 Å². The maximum atomic E-state index is 12.4. The highest BCUT2D eigenvalue weighted by molar-refractivity contribution is 9.10. The Morgan fingerprint density at radius 3 is 2.62 bits per heavy atom. The monoisotopic (exact) mass is 395 g/mol. The van der Waals surface area contributed by atoms with Gasteiger partial charge in [-0.3, -0.25) is 4.79 Å². The van der Waals surface area contributed by atoms with E-state index in [1.807, 2.05) is 29.2 Å². The topological polar surface area (TPSA) is 34.0 Å². The Morgan fingerprint density at radius 2 is 1.96 bits per heavy atom. The van der Waals surface area contributed by atoms with Crippen LogP contribution in [0.3, 0.4) is 0 Å². The van der Waals surface area contributed by atoms with Crippen LogP contribution in [0.4, 0.5) is 0 Å². The number of carbonyl (C=O) groups excluding carboxylic acids is 1. The number of hydrogen-bond donors (Lipinski definition) is 1. The zero-order valence-corrected chi connectivity index (χ0v) is 16.1. The number of ether oxygens (including phenoxy) is 1. The molecule has 1 N–H and O–H groups in total. The molecule has 1 aliphatic carbocycles. The molecule has 1 saturated heterocycles. The number of amides is 1. The van der Waals surface area contributed by atoms with E-state index in [1.54, 1.807) is 4.90 Å². The normalized spacial score (nSPS) is 25.5. The van der Waals surface area contributed by atoms with Crippen LogP contribution in [-0.2, 0) is 4.79 Å². The van der Waals surface area contributed by atoms with Crippen molar-refractivity contribution in [2.75, 3.05) is 32.8 Å². The molecule has 2 atom stereocenters. The molecule has 0 bridgehead atoms. The standard InChI is InChI=1S/C19H27BrN2O2/c1-15-3-2-4-17(13-15)21-9-11-22(12-10-21)19(23)14-24-18-7-5-16(20)6-8-18/h5-8,15,17H,2-4,9-14H2,1H3/p+1/t15-,17-/m1/s1. The maximum Gasteiger partial charge on any atom is 0.260 e. The Hall–Kier alpha value is -1.07. The third kappa shape index (κ3) is 4.73. The molecule has 132 valence electrons. The fraction of sp³-hybridized carbons (Fsp3) is 0.632. The van der Waals surface area contributed by atoms with Gasteiger partial charge in [0.1, 0.15) is 5.75 Å². The van der Waals surface area contributed by atoms with Crippen molar-refractivity contribution in [3.8, 4) is 5.75 Å². The van der Waals surface area contributed by atoms with Crippen LogP contribution in [0.2, 0.25) is 0 Å². The second kappa shape index (κ2) is 8.34. The first-order valence-electron chi connectivity index (χ1n) is 9.12. The zero-order valence-electron chi connectivity index (χ0n) is 14.5. The van der Waals surface area contributed by atoms with E-state index >= 15 is 0 Å². The summed E-state index contributed by atoms with van der Waals surface area (Å²) in [5.41, 5.74) is 0. The van der Waals surface area contributed by atoms with Crippen molar-refractivity contribution in [1.29, 1.82) is 0 Å². The van der Waals surface area contributed by atoms with Gasteiger partial charge in [-0.05, 0) is 43.0 Å². The number of halogens is 1. The summed E-state index contributed by atoms with van der Waals surface area (Å²) in [6, 6.07) is 8.41. The van der Waals surface area contributed by atoms with Gasteiger partial charge in [0.05, 0.1) is 32.2 Å².